The van der Waals surface area contributed by atoms with E-state index in [-0.39, 0.29) is 13.2 Å². The van der Waals surface area contributed by atoms with Crippen LogP contribution in [0.2, 0.25) is 0 Å². The van der Waals surface area contributed by atoms with Gasteiger partial charge >= 0.3 is 11.9 Å². The van der Waals surface area contributed by atoms with Crippen molar-refractivity contribution in [2.45, 2.75) is 193 Å². The second-order valence-electron chi connectivity index (χ2n) is 11.4. The molecule has 0 fully saturated rings. The molecule has 0 bridgehead atoms. The van der Waals surface area contributed by atoms with Crippen LogP contribution in [0.3, 0.4) is 0 Å². The van der Waals surface area contributed by atoms with Crippen molar-refractivity contribution in [1.29, 1.82) is 0 Å². The summed E-state index contributed by atoms with van der Waals surface area (Å²) < 4.78 is 0. The molecular formula is C34H70O7. The number of hydrogen-bond acceptors (Lipinski definition) is 5. The first kappa shape index (κ1) is 44.3. The Morgan fingerprint density at radius 1 is 0.415 bits per heavy atom. The third-order valence-corrected chi connectivity index (χ3v) is 7.16. The van der Waals surface area contributed by atoms with Gasteiger partial charge in [-0.25, -0.2) is 0 Å². The highest BCUT2D eigenvalue weighted by molar-refractivity contribution is 5.66. The summed E-state index contributed by atoms with van der Waals surface area (Å²) in [5, 5.41) is 41.0. The predicted molar refractivity (Wildman–Crippen MR) is 171 cm³/mol. The lowest BCUT2D eigenvalue weighted by Crippen LogP contribution is -2.15. The second-order valence-corrected chi connectivity index (χ2v) is 11.4. The fourth-order valence-electron chi connectivity index (χ4n) is 4.47. The molecule has 41 heavy (non-hydrogen) atoms. The lowest BCUT2D eigenvalue weighted by Gasteiger charge is -2.02. The molecule has 0 aromatic rings. The van der Waals surface area contributed by atoms with Gasteiger partial charge in [-0.2, -0.15) is 0 Å². The number of hydrogen-bond donors (Lipinski definition) is 5. The fraction of sp³-hybridized carbons (Fsp3) is 0.941. The molecule has 0 aromatic carbocycles. The van der Waals surface area contributed by atoms with Crippen LogP contribution in [0.5, 0.6) is 0 Å². The van der Waals surface area contributed by atoms with Crippen LogP contribution in [-0.2, 0) is 9.59 Å². The molecule has 0 radical (unpaired) electrons. The maximum absolute atomic E-state index is 10.3. The minimum Gasteiger partial charge on any atom is -0.481 e. The zero-order chi connectivity index (χ0) is 31.2. The summed E-state index contributed by atoms with van der Waals surface area (Å²) >= 11 is 0. The lowest BCUT2D eigenvalue weighted by molar-refractivity contribution is -0.138. The summed E-state index contributed by atoms with van der Waals surface area (Å²) in [6.07, 6.45) is 32.1. The first-order valence-electron chi connectivity index (χ1n) is 17.2. The molecule has 0 spiro atoms. The summed E-state index contributed by atoms with van der Waals surface area (Å²) in [6.45, 7) is 3.79. The van der Waals surface area contributed by atoms with Crippen molar-refractivity contribution >= 4 is 11.9 Å². The number of carboxylic acid groups (broad SMARTS) is 2. The van der Waals surface area contributed by atoms with Gasteiger partial charge in [-0.05, 0) is 12.8 Å². The Labute approximate surface area is 253 Å². The minimum absolute atomic E-state index is 0.345. The van der Waals surface area contributed by atoms with E-state index in [4.69, 9.17) is 25.5 Å². The van der Waals surface area contributed by atoms with E-state index in [2.05, 4.69) is 13.8 Å². The monoisotopic (exact) mass is 591 g/mol. The van der Waals surface area contributed by atoms with Crippen molar-refractivity contribution in [3.8, 4) is 0 Å². The van der Waals surface area contributed by atoms with Crippen LogP contribution in [0, 0.1) is 0 Å². The minimum atomic E-state index is -0.954. The van der Waals surface area contributed by atoms with Crippen LogP contribution >= 0.6 is 0 Å². The van der Waals surface area contributed by atoms with Gasteiger partial charge in [0.1, 0.15) is 6.10 Å². The molecule has 7 nitrogen and oxygen atoms in total. The molecule has 0 atom stereocenters. The Kier molecular flexibility index (Phi) is 44.2. The molecule has 0 aromatic heterocycles. The van der Waals surface area contributed by atoms with Gasteiger partial charge in [0.2, 0.25) is 0 Å². The van der Waals surface area contributed by atoms with Crippen LogP contribution in [0.1, 0.15) is 187 Å². The van der Waals surface area contributed by atoms with Crippen LogP contribution in [0.25, 0.3) is 0 Å². The number of aliphatic hydroxyl groups is 3. The van der Waals surface area contributed by atoms with Crippen molar-refractivity contribution in [3.05, 3.63) is 0 Å². The molecule has 0 unspecified atom stereocenters. The predicted octanol–water partition coefficient (Wildman–Crippen LogP) is 9.05. The summed E-state index contributed by atoms with van der Waals surface area (Å²) in [5.74, 6) is -1.31. The molecule has 0 rings (SSSR count). The van der Waals surface area contributed by atoms with Gasteiger partial charge in [-0.15, -0.1) is 0 Å². The van der Waals surface area contributed by atoms with Gasteiger partial charge in [0.05, 0.1) is 13.2 Å². The number of carbonyl (C=O) groups is 2. The third kappa shape index (κ3) is 52.0. The van der Waals surface area contributed by atoms with Crippen LogP contribution in [0.15, 0.2) is 0 Å². The van der Waals surface area contributed by atoms with Gasteiger partial charge in [0.15, 0.2) is 0 Å². The highest BCUT2D eigenvalue weighted by Gasteiger charge is 1.98. The van der Waals surface area contributed by atoms with Crippen LogP contribution in [0.4, 0.5) is 0 Å². The Bertz CT molecular complexity index is 495. The van der Waals surface area contributed by atoms with Gasteiger partial charge in [0, 0.05) is 12.8 Å². The number of carboxylic acids is 2. The van der Waals surface area contributed by atoms with Crippen molar-refractivity contribution < 1.29 is 35.1 Å². The quantitative estimate of drug-likeness (QED) is 0.0548. The lowest BCUT2D eigenvalue weighted by atomic mass is 10.0. The fourth-order valence-corrected chi connectivity index (χ4v) is 4.47. The third-order valence-electron chi connectivity index (χ3n) is 7.16. The molecule has 248 valence electrons. The number of aliphatic hydroxyl groups excluding tert-OH is 3. The topological polar surface area (TPSA) is 135 Å². The molecule has 0 aliphatic rings. The smallest absolute Gasteiger partial charge is 0.303 e. The Balaban J connectivity index is -0.000000588. The molecule has 7 heteroatoms. The van der Waals surface area contributed by atoms with E-state index in [9.17, 15) is 9.59 Å². The zero-order valence-corrected chi connectivity index (χ0v) is 27.1. The highest BCUT2D eigenvalue weighted by atomic mass is 16.4. The number of aliphatic carboxylic acids is 2. The van der Waals surface area contributed by atoms with E-state index in [1.54, 1.807) is 0 Å². The highest BCUT2D eigenvalue weighted by Crippen LogP contribution is 2.13. The van der Waals surface area contributed by atoms with E-state index in [0.717, 1.165) is 25.7 Å². The Morgan fingerprint density at radius 3 is 0.756 bits per heavy atom. The molecule has 0 saturated heterocycles. The summed E-state index contributed by atoms with van der Waals surface area (Å²) in [7, 11) is 0. The molecule has 5 N–H and O–H groups in total. The molecule has 0 aliphatic carbocycles. The number of unbranched alkanes of at least 4 members (excludes halogenated alkanes) is 23. The Morgan fingerprint density at radius 2 is 0.610 bits per heavy atom. The van der Waals surface area contributed by atoms with Gasteiger partial charge in [0.25, 0.3) is 0 Å². The van der Waals surface area contributed by atoms with Gasteiger partial charge < -0.3 is 25.5 Å². The molecule has 0 heterocycles. The molecule has 0 aliphatic heterocycles. The first-order valence-corrected chi connectivity index (χ1v) is 17.2. The standard InChI is InChI=1S/C16H32O2.C15H30O2.C3H8O3/c1-2-3-4-5-6-7-8-9-10-11-12-13-14-15-16(17)18;1-2-3-4-5-6-7-8-9-10-11-12-13-14-15(16)17;4-1-3(6)2-5/h2-15H2,1H3,(H,17,18);2-14H2,1H3,(H,16,17);3-6H,1-2H2. The van der Waals surface area contributed by atoms with Gasteiger partial charge in [-0.3, -0.25) is 9.59 Å². The normalized spacial score (nSPS) is 10.6. The van der Waals surface area contributed by atoms with Crippen molar-refractivity contribution in [1.82, 2.24) is 0 Å². The average Bonchev–Trinajstić information content (AvgIpc) is 2.96. The average molecular weight is 591 g/mol. The largest absolute Gasteiger partial charge is 0.481 e. The molecule has 0 amide bonds. The van der Waals surface area contributed by atoms with Crippen LogP contribution in [-0.4, -0.2) is 56.8 Å². The summed E-state index contributed by atoms with van der Waals surface area (Å²) in [6, 6.07) is 0. The second kappa shape index (κ2) is 41.0. The first-order chi connectivity index (χ1) is 19.8. The van der Waals surface area contributed by atoms with E-state index < -0.39 is 18.0 Å². The van der Waals surface area contributed by atoms with E-state index >= 15 is 0 Å². The van der Waals surface area contributed by atoms with Gasteiger partial charge in [-0.1, -0.05) is 162 Å². The maximum Gasteiger partial charge on any atom is 0.303 e. The van der Waals surface area contributed by atoms with Crippen molar-refractivity contribution in [2.75, 3.05) is 13.2 Å². The van der Waals surface area contributed by atoms with Crippen LogP contribution < -0.4 is 0 Å². The van der Waals surface area contributed by atoms with E-state index in [0.29, 0.717) is 12.8 Å². The van der Waals surface area contributed by atoms with Crippen molar-refractivity contribution in [3.63, 3.8) is 0 Å². The Hall–Kier alpha value is -1.18. The number of rotatable bonds is 29. The molecule has 0 saturated carbocycles. The summed E-state index contributed by atoms with van der Waals surface area (Å²) in [4.78, 5) is 20.6. The maximum atomic E-state index is 10.3. The van der Waals surface area contributed by atoms with E-state index in [1.807, 2.05) is 0 Å². The summed E-state index contributed by atoms with van der Waals surface area (Å²) in [5.41, 5.74) is 0. The van der Waals surface area contributed by atoms with Crippen molar-refractivity contribution in [2.24, 2.45) is 0 Å². The SMILES string of the molecule is CCCCCCCCCCCCCCC(=O)O.CCCCCCCCCCCCCCCC(=O)O.OCC(O)CO. The zero-order valence-electron chi connectivity index (χ0n) is 27.1. The van der Waals surface area contributed by atoms with E-state index in [1.165, 1.54) is 135 Å². The molecular weight excluding hydrogens is 520 g/mol.